The highest BCUT2D eigenvalue weighted by Gasteiger charge is 2.16. The van der Waals surface area contributed by atoms with E-state index in [1.807, 2.05) is 0 Å². The molecular formula is C15H22. The van der Waals surface area contributed by atoms with Gasteiger partial charge in [-0.25, -0.2) is 0 Å². The molecule has 0 amide bonds. The molecule has 82 valence electrons. The van der Waals surface area contributed by atoms with Crippen molar-refractivity contribution >= 4 is 0 Å². The molecule has 0 saturated heterocycles. The fourth-order valence-corrected chi connectivity index (χ4v) is 2.84. The first-order chi connectivity index (χ1) is 7.36. The van der Waals surface area contributed by atoms with Crippen LogP contribution in [-0.2, 0) is 0 Å². The molecule has 0 nitrogen and oxygen atoms in total. The van der Waals surface area contributed by atoms with Crippen LogP contribution in [0.3, 0.4) is 0 Å². The highest BCUT2D eigenvalue weighted by Crippen LogP contribution is 2.32. The van der Waals surface area contributed by atoms with Crippen molar-refractivity contribution < 1.29 is 0 Å². The molecule has 0 unspecified atom stereocenters. The van der Waals surface area contributed by atoms with Crippen molar-refractivity contribution in [1.29, 1.82) is 0 Å². The Labute approximate surface area is 93.7 Å². The molecule has 0 aromatic heterocycles. The zero-order chi connectivity index (χ0) is 10.5. The lowest BCUT2D eigenvalue weighted by Crippen LogP contribution is -2.09. The molecular weight excluding hydrogens is 180 g/mol. The van der Waals surface area contributed by atoms with E-state index in [1.165, 1.54) is 44.1 Å². The molecule has 1 aromatic carbocycles. The quantitative estimate of drug-likeness (QED) is 0.663. The van der Waals surface area contributed by atoms with Crippen LogP contribution in [0.1, 0.15) is 56.9 Å². The lowest BCUT2D eigenvalue weighted by atomic mass is 9.81. The van der Waals surface area contributed by atoms with Crippen LogP contribution >= 0.6 is 0 Å². The maximum atomic E-state index is 2.38. The van der Waals surface area contributed by atoms with Gasteiger partial charge >= 0.3 is 0 Å². The molecule has 0 N–H and O–H groups in total. The third-order valence-electron chi connectivity index (χ3n) is 3.78. The summed E-state index contributed by atoms with van der Waals surface area (Å²) in [7, 11) is 0. The van der Waals surface area contributed by atoms with Gasteiger partial charge < -0.3 is 0 Å². The summed E-state index contributed by atoms with van der Waals surface area (Å²) < 4.78 is 0. The summed E-state index contributed by atoms with van der Waals surface area (Å²) in [6, 6.07) is 11.0. The molecule has 15 heavy (non-hydrogen) atoms. The van der Waals surface area contributed by atoms with E-state index in [2.05, 4.69) is 37.3 Å². The molecule has 1 aliphatic rings. The van der Waals surface area contributed by atoms with Crippen LogP contribution < -0.4 is 0 Å². The standard InChI is InChI=1S/C15H22/c1-13(15-10-6-3-7-11-15)12-14-8-4-2-5-9-14/h3,6-7,10-11,13-14H,2,4-5,8-9,12H2,1H3/t13-/m1/s1. The first-order valence-corrected chi connectivity index (χ1v) is 6.41. The monoisotopic (exact) mass is 202 g/mol. The van der Waals surface area contributed by atoms with Crippen LogP contribution in [-0.4, -0.2) is 0 Å². The maximum absolute atomic E-state index is 2.38. The lowest BCUT2D eigenvalue weighted by molar-refractivity contribution is 0.323. The number of benzene rings is 1. The predicted octanol–water partition coefficient (Wildman–Crippen LogP) is 4.76. The molecule has 0 bridgehead atoms. The second-order valence-corrected chi connectivity index (χ2v) is 5.05. The van der Waals surface area contributed by atoms with Gasteiger partial charge in [0.15, 0.2) is 0 Å². The Kier molecular flexibility index (Phi) is 3.82. The summed E-state index contributed by atoms with van der Waals surface area (Å²) in [5.41, 5.74) is 1.52. The number of rotatable bonds is 3. The summed E-state index contributed by atoms with van der Waals surface area (Å²) >= 11 is 0. The van der Waals surface area contributed by atoms with Crippen molar-refractivity contribution in [3.63, 3.8) is 0 Å². The van der Waals surface area contributed by atoms with Crippen molar-refractivity contribution in [1.82, 2.24) is 0 Å². The zero-order valence-electron chi connectivity index (χ0n) is 9.78. The van der Waals surface area contributed by atoms with Gasteiger partial charge in [0.25, 0.3) is 0 Å². The summed E-state index contributed by atoms with van der Waals surface area (Å²) in [6.45, 7) is 2.38. The second kappa shape index (κ2) is 5.34. The van der Waals surface area contributed by atoms with Crippen LogP contribution in [0.2, 0.25) is 0 Å². The molecule has 2 rings (SSSR count). The number of hydrogen-bond donors (Lipinski definition) is 0. The van der Waals surface area contributed by atoms with E-state index in [0.717, 1.165) is 11.8 Å². The van der Waals surface area contributed by atoms with Crippen molar-refractivity contribution in [2.45, 2.75) is 51.4 Å². The van der Waals surface area contributed by atoms with Gasteiger partial charge in [0, 0.05) is 0 Å². The topological polar surface area (TPSA) is 0 Å². The van der Waals surface area contributed by atoms with Crippen LogP contribution in [0.15, 0.2) is 30.3 Å². The van der Waals surface area contributed by atoms with Gasteiger partial charge in [-0.3, -0.25) is 0 Å². The van der Waals surface area contributed by atoms with Gasteiger partial charge in [0.1, 0.15) is 0 Å². The molecule has 1 aliphatic carbocycles. The van der Waals surface area contributed by atoms with Crippen LogP contribution in [0.25, 0.3) is 0 Å². The Morgan fingerprint density at radius 1 is 1.07 bits per heavy atom. The average Bonchev–Trinajstić information content (AvgIpc) is 2.31. The van der Waals surface area contributed by atoms with Gasteiger partial charge in [-0.05, 0) is 23.8 Å². The molecule has 0 radical (unpaired) electrons. The smallest absolute Gasteiger partial charge is 0.0188 e. The molecule has 1 atom stereocenters. The second-order valence-electron chi connectivity index (χ2n) is 5.05. The van der Waals surface area contributed by atoms with Crippen molar-refractivity contribution in [3.8, 4) is 0 Å². The predicted molar refractivity (Wildman–Crippen MR) is 66.0 cm³/mol. The molecule has 1 aromatic rings. The maximum Gasteiger partial charge on any atom is -0.0188 e. The summed E-state index contributed by atoms with van der Waals surface area (Å²) in [5, 5.41) is 0. The van der Waals surface area contributed by atoms with Gasteiger partial charge in [-0.2, -0.15) is 0 Å². The molecule has 0 heterocycles. The summed E-state index contributed by atoms with van der Waals surface area (Å²) in [4.78, 5) is 0. The third-order valence-corrected chi connectivity index (χ3v) is 3.78. The van der Waals surface area contributed by atoms with Crippen LogP contribution in [0.5, 0.6) is 0 Å². The van der Waals surface area contributed by atoms with Gasteiger partial charge in [-0.15, -0.1) is 0 Å². The van der Waals surface area contributed by atoms with Gasteiger partial charge in [0.2, 0.25) is 0 Å². The highest BCUT2D eigenvalue weighted by molar-refractivity contribution is 5.18. The van der Waals surface area contributed by atoms with E-state index in [9.17, 15) is 0 Å². The average molecular weight is 202 g/mol. The van der Waals surface area contributed by atoms with Crippen LogP contribution in [0, 0.1) is 5.92 Å². The molecule has 0 heteroatoms. The first kappa shape index (κ1) is 10.7. The number of hydrogen-bond acceptors (Lipinski definition) is 0. The minimum absolute atomic E-state index is 0.745. The Morgan fingerprint density at radius 2 is 1.73 bits per heavy atom. The van der Waals surface area contributed by atoms with E-state index in [4.69, 9.17) is 0 Å². The normalized spacial score (nSPS) is 20.1. The van der Waals surface area contributed by atoms with Gasteiger partial charge in [0.05, 0.1) is 0 Å². The fraction of sp³-hybridized carbons (Fsp3) is 0.600. The van der Waals surface area contributed by atoms with Crippen LogP contribution in [0.4, 0.5) is 0 Å². The minimum Gasteiger partial charge on any atom is -0.0622 e. The Hall–Kier alpha value is -0.780. The largest absolute Gasteiger partial charge is 0.0622 e. The Morgan fingerprint density at radius 3 is 2.40 bits per heavy atom. The molecule has 1 saturated carbocycles. The third kappa shape index (κ3) is 3.09. The Balaban J connectivity index is 1.88. The summed E-state index contributed by atoms with van der Waals surface area (Å²) in [6.07, 6.45) is 8.73. The summed E-state index contributed by atoms with van der Waals surface area (Å²) in [5.74, 6) is 1.74. The lowest BCUT2D eigenvalue weighted by Gasteiger charge is -2.24. The van der Waals surface area contributed by atoms with E-state index in [0.29, 0.717) is 0 Å². The SMILES string of the molecule is C[C@H](CC1CCCCC1)c1ccccc1. The van der Waals surface area contributed by atoms with E-state index in [1.54, 1.807) is 0 Å². The minimum atomic E-state index is 0.745. The molecule has 1 fully saturated rings. The van der Waals surface area contributed by atoms with E-state index < -0.39 is 0 Å². The van der Waals surface area contributed by atoms with E-state index in [-0.39, 0.29) is 0 Å². The van der Waals surface area contributed by atoms with Crippen molar-refractivity contribution in [2.75, 3.05) is 0 Å². The van der Waals surface area contributed by atoms with Crippen molar-refractivity contribution in [3.05, 3.63) is 35.9 Å². The molecule has 0 spiro atoms. The first-order valence-electron chi connectivity index (χ1n) is 6.41. The molecule has 0 aliphatic heterocycles. The van der Waals surface area contributed by atoms with E-state index >= 15 is 0 Å². The van der Waals surface area contributed by atoms with Gasteiger partial charge in [-0.1, -0.05) is 69.4 Å². The Bertz CT molecular complexity index is 269. The fourth-order valence-electron chi connectivity index (χ4n) is 2.84. The highest BCUT2D eigenvalue weighted by atomic mass is 14.2. The zero-order valence-corrected chi connectivity index (χ0v) is 9.78. The van der Waals surface area contributed by atoms with Crippen molar-refractivity contribution in [2.24, 2.45) is 5.92 Å².